The zero-order valence-electron chi connectivity index (χ0n) is 15.8. The average molecular weight is 362 g/mol. The normalized spacial score (nSPS) is 15.7. The summed E-state index contributed by atoms with van der Waals surface area (Å²) in [6, 6.07) is 10.2. The van der Waals surface area contributed by atoms with Crippen LogP contribution in [0, 0.1) is 5.92 Å². The van der Waals surface area contributed by atoms with E-state index < -0.39 is 17.6 Å². The van der Waals surface area contributed by atoms with Crippen LogP contribution in [-0.2, 0) is 20.9 Å². The quantitative estimate of drug-likeness (QED) is 0.721. The summed E-state index contributed by atoms with van der Waals surface area (Å²) in [4.78, 5) is 25.1. The number of nitrogens with zero attached hydrogens (tertiary/aromatic N) is 1. The molecule has 1 aromatic carbocycles. The molecule has 0 unspecified atom stereocenters. The smallest absolute Gasteiger partial charge is 0.410 e. The van der Waals surface area contributed by atoms with E-state index >= 15 is 0 Å². The number of hydrogen-bond acceptors (Lipinski definition) is 4. The van der Waals surface area contributed by atoms with Gasteiger partial charge in [0.25, 0.3) is 5.91 Å². The van der Waals surface area contributed by atoms with Crippen molar-refractivity contribution >= 4 is 12.0 Å². The largest absolute Gasteiger partial charge is 0.433 e. The molecule has 0 aliphatic carbocycles. The van der Waals surface area contributed by atoms with E-state index in [4.69, 9.17) is 15.2 Å². The van der Waals surface area contributed by atoms with E-state index in [-0.39, 0.29) is 0 Å². The molecular formula is C20H30N2O4. The van der Waals surface area contributed by atoms with Crippen molar-refractivity contribution in [2.75, 3.05) is 19.7 Å². The van der Waals surface area contributed by atoms with Gasteiger partial charge in [0.15, 0.2) is 5.60 Å². The van der Waals surface area contributed by atoms with Crippen LogP contribution in [0.2, 0.25) is 0 Å². The first-order chi connectivity index (χ1) is 12.4. The van der Waals surface area contributed by atoms with Crippen molar-refractivity contribution in [2.45, 2.75) is 51.7 Å². The number of amides is 2. The number of likely N-dealkylation sites (tertiary alicyclic amines) is 1. The highest BCUT2D eigenvalue weighted by Crippen LogP contribution is 2.23. The van der Waals surface area contributed by atoms with Crippen molar-refractivity contribution in [3.05, 3.63) is 35.9 Å². The van der Waals surface area contributed by atoms with E-state index in [9.17, 15) is 9.59 Å². The molecule has 0 spiro atoms. The van der Waals surface area contributed by atoms with Gasteiger partial charge in [-0.2, -0.15) is 0 Å². The summed E-state index contributed by atoms with van der Waals surface area (Å²) in [5.41, 5.74) is 5.16. The van der Waals surface area contributed by atoms with Gasteiger partial charge in [0.1, 0.15) is 0 Å². The molecule has 2 amide bonds. The molecule has 1 fully saturated rings. The molecule has 6 heteroatoms. The van der Waals surface area contributed by atoms with E-state index in [0.717, 1.165) is 32.3 Å². The molecule has 0 radical (unpaired) electrons. The predicted octanol–water partition coefficient (Wildman–Crippen LogP) is 3.10. The van der Waals surface area contributed by atoms with Gasteiger partial charge in [-0.25, -0.2) is 4.79 Å². The lowest BCUT2D eigenvalue weighted by Gasteiger charge is -2.33. The number of piperidine rings is 1. The second kappa shape index (κ2) is 9.57. The average Bonchev–Trinajstić information content (AvgIpc) is 2.62. The van der Waals surface area contributed by atoms with E-state index in [0.29, 0.717) is 25.6 Å². The Morgan fingerprint density at radius 3 is 2.46 bits per heavy atom. The highest BCUT2D eigenvalue weighted by Gasteiger charge is 2.33. The van der Waals surface area contributed by atoms with E-state index in [1.54, 1.807) is 4.90 Å². The first-order valence-corrected chi connectivity index (χ1v) is 9.28. The molecule has 144 valence electrons. The highest BCUT2D eigenvalue weighted by molar-refractivity contribution is 5.85. The SMILES string of the molecule is CC(C)(OC(=O)N1CCC(CCCOCc2ccccc2)CC1)C(N)=O. The first kappa shape index (κ1) is 20.2. The monoisotopic (exact) mass is 362 g/mol. The molecule has 26 heavy (non-hydrogen) atoms. The number of hydrogen-bond donors (Lipinski definition) is 1. The lowest BCUT2D eigenvalue weighted by atomic mass is 9.92. The van der Waals surface area contributed by atoms with E-state index in [1.165, 1.54) is 19.4 Å². The van der Waals surface area contributed by atoms with Gasteiger partial charge in [-0.3, -0.25) is 4.79 Å². The van der Waals surface area contributed by atoms with Gasteiger partial charge in [-0.15, -0.1) is 0 Å². The number of nitrogens with two attached hydrogens (primary N) is 1. The number of benzene rings is 1. The van der Waals surface area contributed by atoms with Gasteiger partial charge < -0.3 is 20.1 Å². The summed E-state index contributed by atoms with van der Waals surface area (Å²) in [6.07, 6.45) is 3.56. The van der Waals surface area contributed by atoms with Crippen molar-refractivity contribution in [3.8, 4) is 0 Å². The Morgan fingerprint density at radius 2 is 1.85 bits per heavy atom. The molecule has 0 atom stereocenters. The molecule has 0 saturated carbocycles. The molecule has 2 N–H and O–H groups in total. The maximum atomic E-state index is 12.1. The van der Waals surface area contributed by atoms with Crippen LogP contribution in [0.25, 0.3) is 0 Å². The zero-order valence-corrected chi connectivity index (χ0v) is 15.8. The Balaban J connectivity index is 1.59. The van der Waals surface area contributed by atoms with Gasteiger partial charge in [-0.1, -0.05) is 30.3 Å². The maximum Gasteiger partial charge on any atom is 0.410 e. The summed E-state index contributed by atoms with van der Waals surface area (Å²) in [6.45, 7) is 5.74. The molecule has 1 aliphatic rings. The van der Waals surface area contributed by atoms with Crippen molar-refractivity contribution < 1.29 is 19.1 Å². The van der Waals surface area contributed by atoms with Crippen molar-refractivity contribution in [1.29, 1.82) is 0 Å². The lowest BCUT2D eigenvalue weighted by Crippen LogP contribution is -2.47. The molecule has 0 aromatic heterocycles. The molecular weight excluding hydrogens is 332 g/mol. The Bertz CT molecular complexity index is 581. The third-order valence-electron chi connectivity index (χ3n) is 4.82. The van der Waals surface area contributed by atoms with Crippen LogP contribution in [0.3, 0.4) is 0 Å². The van der Waals surface area contributed by atoms with Crippen LogP contribution in [0.15, 0.2) is 30.3 Å². The fourth-order valence-corrected chi connectivity index (χ4v) is 2.98. The van der Waals surface area contributed by atoms with Gasteiger partial charge >= 0.3 is 6.09 Å². The number of primary amides is 1. The number of carbonyl (C=O) groups excluding carboxylic acids is 2. The molecule has 6 nitrogen and oxygen atoms in total. The van der Waals surface area contributed by atoms with Crippen LogP contribution in [-0.4, -0.2) is 42.2 Å². The highest BCUT2D eigenvalue weighted by atomic mass is 16.6. The van der Waals surface area contributed by atoms with Crippen LogP contribution < -0.4 is 5.73 Å². The second-order valence-corrected chi connectivity index (χ2v) is 7.35. The maximum absolute atomic E-state index is 12.1. The summed E-state index contributed by atoms with van der Waals surface area (Å²) < 4.78 is 10.9. The van der Waals surface area contributed by atoms with E-state index in [1.807, 2.05) is 18.2 Å². The Kier molecular flexibility index (Phi) is 7.45. The number of rotatable bonds is 8. The fourth-order valence-electron chi connectivity index (χ4n) is 2.98. The van der Waals surface area contributed by atoms with Crippen LogP contribution in [0.5, 0.6) is 0 Å². The summed E-state index contributed by atoms with van der Waals surface area (Å²) >= 11 is 0. The summed E-state index contributed by atoms with van der Waals surface area (Å²) in [5.74, 6) is -0.0419. The van der Waals surface area contributed by atoms with Crippen LogP contribution in [0.4, 0.5) is 4.79 Å². The molecule has 2 rings (SSSR count). The zero-order chi connectivity index (χ0) is 19.0. The fraction of sp³-hybridized carbons (Fsp3) is 0.600. The van der Waals surface area contributed by atoms with Gasteiger partial charge in [0.05, 0.1) is 6.61 Å². The molecule has 0 bridgehead atoms. The van der Waals surface area contributed by atoms with Gasteiger partial charge in [0, 0.05) is 19.7 Å². The predicted molar refractivity (Wildman–Crippen MR) is 99.4 cm³/mol. The van der Waals surface area contributed by atoms with Crippen molar-refractivity contribution in [3.63, 3.8) is 0 Å². The van der Waals surface area contributed by atoms with Crippen LogP contribution >= 0.6 is 0 Å². The van der Waals surface area contributed by atoms with Gasteiger partial charge in [-0.05, 0) is 51.0 Å². The van der Waals surface area contributed by atoms with Gasteiger partial charge in [0.2, 0.25) is 0 Å². The molecule has 1 saturated heterocycles. The van der Waals surface area contributed by atoms with Crippen LogP contribution in [0.1, 0.15) is 45.1 Å². The minimum atomic E-state index is -1.27. The summed E-state index contributed by atoms with van der Waals surface area (Å²) in [5, 5.41) is 0. The topological polar surface area (TPSA) is 81.9 Å². The third kappa shape index (κ3) is 6.33. The van der Waals surface area contributed by atoms with Crippen molar-refractivity contribution in [1.82, 2.24) is 4.90 Å². The summed E-state index contributed by atoms with van der Waals surface area (Å²) in [7, 11) is 0. The number of carbonyl (C=O) groups is 2. The second-order valence-electron chi connectivity index (χ2n) is 7.35. The minimum Gasteiger partial charge on any atom is -0.433 e. The van der Waals surface area contributed by atoms with Crippen molar-refractivity contribution in [2.24, 2.45) is 11.7 Å². The lowest BCUT2D eigenvalue weighted by molar-refractivity contribution is -0.134. The minimum absolute atomic E-state index is 0.460. The number of ether oxygens (including phenoxy) is 2. The Hall–Kier alpha value is -2.08. The molecule has 1 aromatic rings. The third-order valence-corrected chi connectivity index (χ3v) is 4.82. The standard InChI is InChI=1S/C20H30N2O4/c1-20(2,18(21)23)26-19(24)22-12-10-16(11-13-22)9-6-14-25-15-17-7-4-3-5-8-17/h3-5,7-8,16H,6,9-15H2,1-2H3,(H2,21,23). The van der Waals surface area contributed by atoms with E-state index in [2.05, 4.69) is 12.1 Å². The molecule has 1 heterocycles. The Labute approximate surface area is 155 Å². The Morgan fingerprint density at radius 1 is 1.19 bits per heavy atom. The first-order valence-electron chi connectivity index (χ1n) is 9.28. The molecule has 1 aliphatic heterocycles.